The van der Waals surface area contributed by atoms with Crippen molar-refractivity contribution in [2.75, 3.05) is 13.2 Å². The summed E-state index contributed by atoms with van der Waals surface area (Å²) in [4.78, 5) is 19.0. The molecule has 0 atom stereocenters. The summed E-state index contributed by atoms with van der Waals surface area (Å²) in [6.07, 6.45) is 0.498. The van der Waals surface area contributed by atoms with Gasteiger partial charge in [0, 0.05) is 25.2 Å². The molecular weight excluding hydrogens is 270 g/mol. The van der Waals surface area contributed by atoms with Crippen molar-refractivity contribution in [3.63, 3.8) is 0 Å². The van der Waals surface area contributed by atoms with E-state index in [1.807, 2.05) is 0 Å². The predicted octanol–water partition coefficient (Wildman–Crippen LogP) is -8.97. The van der Waals surface area contributed by atoms with E-state index in [9.17, 15) is 19.8 Å². The van der Waals surface area contributed by atoms with Crippen LogP contribution in [0.5, 0.6) is 0 Å². The van der Waals surface area contributed by atoms with Gasteiger partial charge in [-0.15, -0.1) is 0 Å². The van der Waals surface area contributed by atoms with Gasteiger partial charge in [-0.3, -0.25) is 0 Å². The second kappa shape index (κ2) is 22.3. The number of hydrogen-bond donors (Lipinski definition) is 2. The van der Waals surface area contributed by atoms with Gasteiger partial charge < -0.3 is 30.0 Å². The number of aliphatic carboxylic acids is 2. The van der Waals surface area contributed by atoms with Crippen LogP contribution in [0.2, 0.25) is 0 Å². The molecular formula is C8H14K2O6. The van der Waals surface area contributed by atoms with Crippen molar-refractivity contribution >= 4 is 11.9 Å². The first-order chi connectivity index (χ1) is 6.54. The zero-order valence-electron chi connectivity index (χ0n) is 9.77. The van der Waals surface area contributed by atoms with Crippen LogP contribution in [0.1, 0.15) is 25.7 Å². The van der Waals surface area contributed by atoms with E-state index in [2.05, 4.69) is 0 Å². The Morgan fingerprint density at radius 1 is 0.812 bits per heavy atom. The van der Waals surface area contributed by atoms with Crippen LogP contribution in [-0.4, -0.2) is 35.4 Å². The van der Waals surface area contributed by atoms with Gasteiger partial charge in [-0.1, -0.05) is 0 Å². The topological polar surface area (TPSA) is 121 Å². The first-order valence-corrected chi connectivity index (χ1v) is 4.16. The number of carboxylic acids is 2. The Balaban J connectivity index is -0.0000000825. The van der Waals surface area contributed by atoms with Crippen LogP contribution < -0.4 is 113 Å². The van der Waals surface area contributed by atoms with E-state index in [4.69, 9.17) is 10.2 Å². The number of carboxylic acid groups (broad SMARTS) is 2. The Morgan fingerprint density at radius 3 is 1.19 bits per heavy atom. The zero-order chi connectivity index (χ0) is 11.4. The second-order valence-electron chi connectivity index (χ2n) is 2.40. The van der Waals surface area contributed by atoms with Crippen molar-refractivity contribution in [3.05, 3.63) is 0 Å². The van der Waals surface area contributed by atoms with Gasteiger partial charge in [-0.05, 0) is 25.7 Å². The molecule has 0 heterocycles. The predicted molar refractivity (Wildman–Crippen MR) is 42.7 cm³/mol. The number of hydrogen-bond acceptors (Lipinski definition) is 6. The monoisotopic (exact) mass is 284 g/mol. The SMILES string of the molecule is O=C([O-])CCC(=O)[O-].OCCCCO.[K+].[K+]. The first kappa shape index (κ1) is 26.6. The summed E-state index contributed by atoms with van der Waals surface area (Å²) in [5.74, 6) is -2.73. The third-order valence-corrected chi connectivity index (χ3v) is 1.10. The molecule has 0 unspecified atom stereocenters. The molecule has 0 amide bonds. The van der Waals surface area contributed by atoms with Gasteiger partial charge in [-0.25, -0.2) is 0 Å². The summed E-state index contributed by atoms with van der Waals surface area (Å²) in [7, 11) is 0. The van der Waals surface area contributed by atoms with Gasteiger partial charge in [0.15, 0.2) is 0 Å². The maximum absolute atomic E-state index is 9.50. The van der Waals surface area contributed by atoms with E-state index in [1.54, 1.807) is 0 Å². The molecule has 0 aliphatic carbocycles. The molecule has 0 aliphatic heterocycles. The number of unbranched alkanes of at least 4 members (excludes halogenated alkanes) is 1. The summed E-state index contributed by atoms with van der Waals surface area (Å²) < 4.78 is 0. The minimum Gasteiger partial charge on any atom is -0.550 e. The largest absolute Gasteiger partial charge is 1.00 e. The van der Waals surface area contributed by atoms with Gasteiger partial charge >= 0.3 is 103 Å². The van der Waals surface area contributed by atoms with Crippen molar-refractivity contribution in [1.29, 1.82) is 0 Å². The summed E-state index contributed by atoms with van der Waals surface area (Å²) in [6, 6.07) is 0. The molecule has 6 nitrogen and oxygen atoms in total. The quantitative estimate of drug-likeness (QED) is 0.369. The fraction of sp³-hybridized carbons (Fsp3) is 0.750. The average molecular weight is 284 g/mol. The van der Waals surface area contributed by atoms with E-state index < -0.39 is 24.8 Å². The molecule has 0 bridgehead atoms. The maximum atomic E-state index is 9.50. The molecule has 0 fully saturated rings. The number of rotatable bonds is 6. The molecule has 0 aromatic heterocycles. The Morgan fingerprint density at radius 2 is 1.06 bits per heavy atom. The molecule has 84 valence electrons. The van der Waals surface area contributed by atoms with Crippen molar-refractivity contribution in [2.24, 2.45) is 0 Å². The van der Waals surface area contributed by atoms with E-state index in [0.29, 0.717) is 0 Å². The Kier molecular flexibility index (Phi) is 37.2. The average Bonchev–Trinajstić information content (AvgIpc) is 2.12. The van der Waals surface area contributed by atoms with Gasteiger partial charge in [-0.2, -0.15) is 0 Å². The smallest absolute Gasteiger partial charge is 0.550 e. The molecule has 0 saturated carbocycles. The maximum Gasteiger partial charge on any atom is 1.00 e. The number of carbonyl (C=O) groups is 2. The minimum atomic E-state index is -1.37. The van der Waals surface area contributed by atoms with Crippen molar-refractivity contribution in [3.8, 4) is 0 Å². The van der Waals surface area contributed by atoms with Crippen molar-refractivity contribution in [1.82, 2.24) is 0 Å². The molecule has 0 radical (unpaired) electrons. The van der Waals surface area contributed by atoms with Gasteiger partial charge in [0.1, 0.15) is 0 Å². The first-order valence-electron chi connectivity index (χ1n) is 4.16. The number of carbonyl (C=O) groups excluding carboxylic acids is 2. The fourth-order valence-corrected chi connectivity index (χ4v) is 0.428. The second-order valence-corrected chi connectivity index (χ2v) is 2.40. The normalized spacial score (nSPS) is 7.62. The summed E-state index contributed by atoms with van der Waals surface area (Å²) in [6.45, 7) is 0.390. The van der Waals surface area contributed by atoms with Gasteiger partial charge in [0.25, 0.3) is 0 Å². The van der Waals surface area contributed by atoms with Gasteiger partial charge in [0.05, 0.1) is 0 Å². The molecule has 0 rings (SSSR count). The van der Waals surface area contributed by atoms with Crippen LogP contribution in [0.15, 0.2) is 0 Å². The van der Waals surface area contributed by atoms with Crippen LogP contribution in [0.4, 0.5) is 0 Å². The van der Waals surface area contributed by atoms with Crippen LogP contribution in [0.3, 0.4) is 0 Å². The Bertz CT molecular complexity index is 147. The van der Waals surface area contributed by atoms with Crippen LogP contribution in [0, 0.1) is 0 Å². The van der Waals surface area contributed by atoms with E-state index in [1.165, 1.54) is 0 Å². The van der Waals surface area contributed by atoms with E-state index in [0.717, 1.165) is 12.8 Å². The zero-order valence-corrected chi connectivity index (χ0v) is 16.0. The third-order valence-electron chi connectivity index (χ3n) is 1.10. The Labute approximate surface area is 180 Å². The molecule has 0 aromatic carbocycles. The number of aliphatic hydroxyl groups is 2. The Hall–Kier alpha value is 2.13. The molecule has 2 N–H and O–H groups in total. The molecule has 0 saturated heterocycles. The third kappa shape index (κ3) is 36.0. The van der Waals surface area contributed by atoms with Crippen LogP contribution in [-0.2, 0) is 9.59 Å². The molecule has 0 spiro atoms. The van der Waals surface area contributed by atoms with E-state index in [-0.39, 0.29) is 116 Å². The van der Waals surface area contributed by atoms with E-state index >= 15 is 0 Å². The molecule has 0 aliphatic rings. The number of aliphatic hydroxyl groups excluding tert-OH is 2. The van der Waals surface area contributed by atoms with Crippen molar-refractivity contribution < 1.29 is 133 Å². The summed E-state index contributed by atoms with van der Waals surface area (Å²) >= 11 is 0. The molecule has 8 heteroatoms. The molecule has 0 aromatic rings. The molecule has 16 heavy (non-hydrogen) atoms. The summed E-state index contributed by atoms with van der Waals surface area (Å²) in [5, 5.41) is 35.2. The minimum absolute atomic E-state index is 0. The van der Waals surface area contributed by atoms with Crippen LogP contribution in [0.25, 0.3) is 0 Å². The van der Waals surface area contributed by atoms with Crippen LogP contribution >= 0.6 is 0 Å². The van der Waals surface area contributed by atoms with Gasteiger partial charge in [0.2, 0.25) is 0 Å². The summed E-state index contributed by atoms with van der Waals surface area (Å²) in [5.41, 5.74) is 0. The standard InChI is InChI=1S/C4H6O4.C4H10O2.2K/c5-3(6)1-2-4(7)8;5-3-1-2-4-6;;/h1-2H2,(H,5,6)(H,7,8);5-6H,1-4H2;;/q;;2*+1/p-2. The van der Waals surface area contributed by atoms with Crippen molar-refractivity contribution in [2.45, 2.75) is 25.7 Å². The fourth-order valence-electron chi connectivity index (χ4n) is 0.428.